The Bertz CT molecular complexity index is 623. The summed E-state index contributed by atoms with van der Waals surface area (Å²) in [7, 11) is 0. The smallest absolute Gasteiger partial charge is 0.0590 e. The van der Waals surface area contributed by atoms with Crippen LogP contribution < -0.4 is 5.32 Å². The van der Waals surface area contributed by atoms with Crippen molar-refractivity contribution in [2.75, 3.05) is 6.54 Å². The maximum atomic E-state index is 3.71. The van der Waals surface area contributed by atoms with Crippen LogP contribution in [0.4, 0.5) is 0 Å². The molecule has 2 rings (SSSR count). The van der Waals surface area contributed by atoms with Crippen LogP contribution >= 0.6 is 31.9 Å². The Hall–Kier alpha value is -0.640. The first kappa shape index (κ1) is 16.7. The molecule has 0 amide bonds. The van der Waals surface area contributed by atoms with Gasteiger partial charge in [0.1, 0.15) is 0 Å². The van der Waals surface area contributed by atoms with Crippen LogP contribution in [0.5, 0.6) is 0 Å². The van der Waals surface area contributed by atoms with Crippen LogP contribution in [0, 0.1) is 13.8 Å². The van der Waals surface area contributed by atoms with Gasteiger partial charge in [-0.2, -0.15) is 0 Å². The van der Waals surface area contributed by atoms with Crippen LogP contribution in [-0.2, 0) is 0 Å². The summed E-state index contributed by atoms with van der Waals surface area (Å²) in [5.41, 5.74) is 5.25. The molecule has 2 aromatic carbocycles. The number of aryl methyl sites for hydroxylation is 2. The average Bonchev–Trinajstić information content (AvgIpc) is 2.44. The second kappa shape index (κ2) is 7.57. The molecule has 0 aromatic heterocycles. The molecule has 0 aliphatic rings. The van der Waals surface area contributed by atoms with Crippen LogP contribution in [0.1, 0.15) is 41.6 Å². The van der Waals surface area contributed by atoms with E-state index in [9.17, 15) is 0 Å². The molecule has 0 aliphatic carbocycles. The molecular weight excluding hydrogens is 390 g/mol. The van der Waals surface area contributed by atoms with Gasteiger partial charge in [-0.3, -0.25) is 0 Å². The highest BCUT2D eigenvalue weighted by Gasteiger charge is 2.18. The van der Waals surface area contributed by atoms with E-state index in [-0.39, 0.29) is 6.04 Å². The zero-order valence-electron chi connectivity index (χ0n) is 12.7. The molecule has 0 saturated heterocycles. The Labute approximate surface area is 144 Å². The first-order chi connectivity index (χ1) is 10.0. The predicted octanol–water partition coefficient (Wildman–Crippen LogP) is 5.92. The second-order valence-electron chi connectivity index (χ2n) is 5.41. The van der Waals surface area contributed by atoms with E-state index in [1.807, 2.05) is 0 Å². The second-order valence-corrected chi connectivity index (χ2v) is 7.18. The van der Waals surface area contributed by atoms with E-state index >= 15 is 0 Å². The van der Waals surface area contributed by atoms with Gasteiger partial charge in [-0.15, -0.1) is 0 Å². The zero-order chi connectivity index (χ0) is 15.4. The highest BCUT2D eigenvalue weighted by molar-refractivity contribution is 9.11. The molecule has 2 aromatic rings. The summed E-state index contributed by atoms with van der Waals surface area (Å²) in [6, 6.07) is 13.3. The third-order valence-electron chi connectivity index (χ3n) is 3.62. The number of rotatable bonds is 5. The molecule has 0 fully saturated rings. The summed E-state index contributed by atoms with van der Waals surface area (Å²) >= 11 is 7.24. The molecule has 112 valence electrons. The molecule has 1 N–H and O–H groups in total. The molecule has 0 bridgehead atoms. The summed E-state index contributed by atoms with van der Waals surface area (Å²) in [6.07, 6.45) is 1.12. The normalized spacial score (nSPS) is 12.4. The van der Waals surface area contributed by atoms with E-state index in [1.165, 1.54) is 22.3 Å². The van der Waals surface area contributed by atoms with Crippen molar-refractivity contribution in [2.24, 2.45) is 0 Å². The van der Waals surface area contributed by atoms with Crippen molar-refractivity contribution in [1.29, 1.82) is 0 Å². The van der Waals surface area contributed by atoms with E-state index in [2.05, 4.69) is 94.3 Å². The van der Waals surface area contributed by atoms with Crippen LogP contribution in [0.2, 0.25) is 0 Å². The van der Waals surface area contributed by atoms with Crippen LogP contribution in [0.15, 0.2) is 45.3 Å². The third kappa shape index (κ3) is 4.18. The van der Waals surface area contributed by atoms with Crippen LogP contribution in [0.3, 0.4) is 0 Å². The minimum atomic E-state index is 0.215. The monoisotopic (exact) mass is 409 g/mol. The summed E-state index contributed by atoms with van der Waals surface area (Å²) in [4.78, 5) is 0. The standard InChI is InChI=1S/C18H21Br2N/c1-4-9-21-18(15-8-7-14(19)11-17(15)20)16-10-12(2)5-6-13(16)3/h5-8,10-11,18,21H,4,9H2,1-3H3. The lowest BCUT2D eigenvalue weighted by atomic mass is 9.93. The van der Waals surface area contributed by atoms with E-state index in [0.717, 1.165) is 21.9 Å². The number of nitrogens with one attached hydrogen (secondary N) is 1. The van der Waals surface area contributed by atoms with Crippen molar-refractivity contribution in [3.8, 4) is 0 Å². The molecular formula is C18H21Br2N. The van der Waals surface area contributed by atoms with Crippen molar-refractivity contribution < 1.29 is 0 Å². The lowest BCUT2D eigenvalue weighted by molar-refractivity contribution is 0.594. The highest BCUT2D eigenvalue weighted by atomic mass is 79.9. The fourth-order valence-corrected chi connectivity index (χ4v) is 3.76. The van der Waals surface area contributed by atoms with Gasteiger partial charge in [-0.05, 0) is 55.6 Å². The van der Waals surface area contributed by atoms with Crippen molar-refractivity contribution in [3.05, 3.63) is 67.6 Å². The van der Waals surface area contributed by atoms with Gasteiger partial charge >= 0.3 is 0 Å². The van der Waals surface area contributed by atoms with Gasteiger partial charge in [0.2, 0.25) is 0 Å². The lowest BCUT2D eigenvalue weighted by Gasteiger charge is -2.23. The molecule has 1 unspecified atom stereocenters. The van der Waals surface area contributed by atoms with E-state index < -0.39 is 0 Å². The van der Waals surface area contributed by atoms with Crippen molar-refractivity contribution in [2.45, 2.75) is 33.2 Å². The number of hydrogen-bond donors (Lipinski definition) is 1. The summed E-state index contributed by atoms with van der Waals surface area (Å²) in [5.74, 6) is 0. The summed E-state index contributed by atoms with van der Waals surface area (Å²) < 4.78 is 2.22. The van der Waals surface area contributed by atoms with Crippen molar-refractivity contribution in [1.82, 2.24) is 5.32 Å². The molecule has 1 atom stereocenters. The third-order valence-corrected chi connectivity index (χ3v) is 4.80. The van der Waals surface area contributed by atoms with Gasteiger partial charge < -0.3 is 5.32 Å². The first-order valence-electron chi connectivity index (χ1n) is 7.28. The van der Waals surface area contributed by atoms with Gasteiger partial charge in [-0.1, -0.05) is 68.6 Å². The largest absolute Gasteiger partial charge is 0.306 e. The van der Waals surface area contributed by atoms with E-state index in [0.29, 0.717) is 0 Å². The van der Waals surface area contributed by atoms with Gasteiger partial charge in [-0.25, -0.2) is 0 Å². The van der Waals surface area contributed by atoms with Crippen LogP contribution in [-0.4, -0.2) is 6.54 Å². The molecule has 0 aliphatic heterocycles. The lowest BCUT2D eigenvalue weighted by Crippen LogP contribution is -2.24. The predicted molar refractivity (Wildman–Crippen MR) is 97.9 cm³/mol. The Balaban J connectivity index is 2.49. The first-order valence-corrected chi connectivity index (χ1v) is 8.87. The molecule has 0 radical (unpaired) electrons. The maximum Gasteiger partial charge on any atom is 0.0590 e. The molecule has 0 saturated carbocycles. The zero-order valence-corrected chi connectivity index (χ0v) is 15.9. The quantitative estimate of drug-likeness (QED) is 0.645. The Morgan fingerprint density at radius 3 is 2.43 bits per heavy atom. The average molecular weight is 411 g/mol. The SMILES string of the molecule is CCCNC(c1cc(C)ccc1C)c1ccc(Br)cc1Br. The fraction of sp³-hybridized carbons (Fsp3) is 0.333. The number of benzene rings is 2. The van der Waals surface area contributed by atoms with Gasteiger partial charge in [0.15, 0.2) is 0 Å². The van der Waals surface area contributed by atoms with E-state index in [4.69, 9.17) is 0 Å². The maximum absolute atomic E-state index is 3.71. The Morgan fingerprint density at radius 2 is 1.76 bits per heavy atom. The van der Waals surface area contributed by atoms with Crippen LogP contribution in [0.25, 0.3) is 0 Å². The topological polar surface area (TPSA) is 12.0 Å². The van der Waals surface area contributed by atoms with Crippen molar-refractivity contribution >= 4 is 31.9 Å². The molecule has 21 heavy (non-hydrogen) atoms. The summed E-state index contributed by atoms with van der Waals surface area (Å²) in [6.45, 7) is 7.53. The van der Waals surface area contributed by atoms with Crippen molar-refractivity contribution in [3.63, 3.8) is 0 Å². The fourth-order valence-electron chi connectivity index (χ4n) is 2.48. The minimum absolute atomic E-state index is 0.215. The van der Waals surface area contributed by atoms with Gasteiger partial charge in [0.25, 0.3) is 0 Å². The summed E-state index contributed by atoms with van der Waals surface area (Å²) in [5, 5.41) is 3.69. The van der Waals surface area contributed by atoms with Gasteiger partial charge in [0.05, 0.1) is 6.04 Å². The van der Waals surface area contributed by atoms with Gasteiger partial charge in [0, 0.05) is 8.95 Å². The van der Waals surface area contributed by atoms with E-state index in [1.54, 1.807) is 0 Å². The number of hydrogen-bond acceptors (Lipinski definition) is 1. The molecule has 3 heteroatoms. The molecule has 0 heterocycles. The minimum Gasteiger partial charge on any atom is -0.306 e. The molecule has 1 nitrogen and oxygen atoms in total. The Morgan fingerprint density at radius 1 is 1.00 bits per heavy atom. The highest BCUT2D eigenvalue weighted by Crippen LogP contribution is 2.32. The molecule has 0 spiro atoms. The number of halogens is 2. The Kier molecular flexibility index (Phi) is 6.03.